The first-order chi connectivity index (χ1) is 13.3. The van der Waals surface area contributed by atoms with E-state index in [4.69, 9.17) is 4.42 Å². The summed E-state index contributed by atoms with van der Waals surface area (Å²) in [6.45, 7) is 5.84. The van der Waals surface area contributed by atoms with Gasteiger partial charge in [0.25, 0.3) is 5.91 Å². The van der Waals surface area contributed by atoms with E-state index in [9.17, 15) is 4.79 Å². The molecule has 0 saturated carbocycles. The molecule has 1 aromatic heterocycles. The van der Waals surface area contributed by atoms with Crippen LogP contribution in [-0.4, -0.2) is 48.4 Å². The van der Waals surface area contributed by atoms with Crippen LogP contribution < -0.4 is 5.32 Å². The van der Waals surface area contributed by atoms with Crippen LogP contribution in [0.2, 0.25) is 0 Å². The van der Waals surface area contributed by atoms with Gasteiger partial charge in [-0.1, -0.05) is 30.3 Å². The summed E-state index contributed by atoms with van der Waals surface area (Å²) in [5, 5.41) is 3.50. The third-order valence-electron chi connectivity index (χ3n) is 6.42. The van der Waals surface area contributed by atoms with Crippen molar-refractivity contribution in [3.8, 4) is 0 Å². The van der Waals surface area contributed by atoms with E-state index >= 15 is 0 Å². The Bertz CT molecular complexity index is 797. The maximum Gasteiger partial charge on any atom is 0.290 e. The monoisotopic (exact) mass is 365 g/mol. The molecule has 0 aliphatic carbocycles. The number of nitrogens with zero attached hydrogens (tertiary/aromatic N) is 2. The molecule has 3 saturated heterocycles. The Labute approximate surface area is 160 Å². The molecule has 0 bridgehead atoms. The highest BCUT2D eigenvalue weighted by atomic mass is 16.4. The molecule has 1 amide bonds. The van der Waals surface area contributed by atoms with Gasteiger partial charge in [-0.05, 0) is 49.5 Å². The molecule has 0 radical (unpaired) electrons. The second kappa shape index (κ2) is 7.13. The highest BCUT2D eigenvalue weighted by Crippen LogP contribution is 2.43. The average Bonchev–Trinajstić information content (AvgIpc) is 3.47. The minimum absolute atomic E-state index is 0.0333. The lowest BCUT2D eigenvalue weighted by molar-refractivity contribution is 0.0678. The Morgan fingerprint density at radius 3 is 2.70 bits per heavy atom. The van der Waals surface area contributed by atoms with Crippen LogP contribution in [0.5, 0.6) is 0 Å². The number of carbonyl (C=O) groups is 1. The first-order valence-corrected chi connectivity index (χ1v) is 10.2. The summed E-state index contributed by atoms with van der Waals surface area (Å²) >= 11 is 0. The van der Waals surface area contributed by atoms with Gasteiger partial charge in [0.15, 0.2) is 5.76 Å². The van der Waals surface area contributed by atoms with Crippen molar-refractivity contribution >= 4 is 5.91 Å². The largest absolute Gasteiger partial charge is 0.455 e. The molecule has 1 N–H and O–H groups in total. The SMILES string of the molecule is O=C(c1ccc(CN2CCCC2)o1)N1C[C@@H]2CNC[C@@H]2[C@H]1c1ccccc1. The molecule has 142 valence electrons. The number of amides is 1. The van der Waals surface area contributed by atoms with Crippen LogP contribution in [0.1, 0.15) is 40.8 Å². The molecule has 3 aliphatic rings. The van der Waals surface area contributed by atoms with E-state index < -0.39 is 0 Å². The second-order valence-electron chi connectivity index (χ2n) is 8.14. The van der Waals surface area contributed by atoms with Gasteiger partial charge in [-0.15, -0.1) is 0 Å². The van der Waals surface area contributed by atoms with Crippen LogP contribution in [0.25, 0.3) is 0 Å². The zero-order valence-electron chi connectivity index (χ0n) is 15.6. The summed E-state index contributed by atoms with van der Waals surface area (Å²) in [4.78, 5) is 17.8. The van der Waals surface area contributed by atoms with Crippen molar-refractivity contribution in [2.75, 3.05) is 32.7 Å². The fourth-order valence-electron chi connectivity index (χ4n) is 5.09. The molecule has 1 aromatic carbocycles. The first kappa shape index (κ1) is 17.0. The lowest BCUT2D eigenvalue weighted by atomic mass is 9.89. The fraction of sp³-hybridized carbons (Fsp3) is 0.500. The molecular weight excluding hydrogens is 338 g/mol. The van der Waals surface area contributed by atoms with Crippen molar-refractivity contribution < 1.29 is 9.21 Å². The summed E-state index contributed by atoms with van der Waals surface area (Å²) < 4.78 is 5.98. The number of rotatable bonds is 4. The zero-order valence-corrected chi connectivity index (χ0v) is 15.6. The minimum Gasteiger partial charge on any atom is -0.455 e. The summed E-state index contributed by atoms with van der Waals surface area (Å²) in [6.07, 6.45) is 2.52. The number of furan rings is 1. The smallest absolute Gasteiger partial charge is 0.290 e. The molecular formula is C22H27N3O2. The van der Waals surface area contributed by atoms with Crippen molar-refractivity contribution in [2.45, 2.75) is 25.4 Å². The molecule has 3 aliphatic heterocycles. The predicted octanol–water partition coefficient (Wildman–Crippen LogP) is 2.91. The molecule has 5 nitrogen and oxygen atoms in total. The summed E-state index contributed by atoms with van der Waals surface area (Å²) in [5.41, 5.74) is 1.23. The van der Waals surface area contributed by atoms with Crippen LogP contribution in [0, 0.1) is 11.8 Å². The van der Waals surface area contributed by atoms with E-state index in [1.165, 1.54) is 18.4 Å². The highest BCUT2D eigenvalue weighted by Gasteiger charge is 2.47. The number of likely N-dealkylation sites (tertiary alicyclic amines) is 2. The van der Waals surface area contributed by atoms with Crippen LogP contribution in [-0.2, 0) is 6.54 Å². The topological polar surface area (TPSA) is 48.7 Å². The van der Waals surface area contributed by atoms with Gasteiger partial charge in [0.1, 0.15) is 5.76 Å². The van der Waals surface area contributed by atoms with Gasteiger partial charge in [0.05, 0.1) is 12.6 Å². The Morgan fingerprint density at radius 2 is 1.89 bits per heavy atom. The van der Waals surface area contributed by atoms with E-state index in [1.807, 2.05) is 23.1 Å². The standard InChI is InChI=1S/C22H27N3O2/c26-22(20-9-8-18(27-20)15-24-10-4-5-11-24)25-14-17-12-23-13-19(17)21(25)16-6-2-1-3-7-16/h1-3,6-9,17,19,21,23H,4-5,10-15H2/t17-,19-,21+/m0/s1. The number of hydrogen-bond acceptors (Lipinski definition) is 4. The number of benzene rings is 1. The molecule has 2 aromatic rings. The Balaban J connectivity index is 1.37. The molecule has 4 heterocycles. The van der Waals surface area contributed by atoms with Crippen molar-refractivity contribution in [3.05, 3.63) is 59.5 Å². The van der Waals surface area contributed by atoms with Crippen molar-refractivity contribution in [2.24, 2.45) is 11.8 Å². The van der Waals surface area contributed by atoms with Gasteiger partial charge >= 0.3 is 0 Å². The van der Waals surface area contributed by atoms with Gasteiger partial charge in [0, 0.05) is 25.6 Å². The van der Waals surface area contributed by atoms with E-state index in [-0.39, 0.29) is 11.9 Å². The second-order valence-corrected chi connectivity index (χ2v) is 8.14. The number of carbonyl (C=O) groups excluding carboxylic acids is 1. The molecule has 0 unspecified atom stereocenters. The van der Waals surface area contributed by atoms with Crippen LogP contribution in [0.15, 0.2) is 46.9 Å². The third-order valence-corrected chi connectivity index (χ3v) is 6.42. The van der Waals surface area contributed by atoms with E-state index in [0.717, 1.165) is 45.0 Å². The van der Waals surface area contributed by atoms with Crippen LogP contribution in [0.3, 0.4) is 0 Å². The minimum atomic E-state index is 0.0333. The molecule has 27 heavy (non-hydrogen) atoms. The number of fused-ring (bicyclic) bond motifs is 1. The molecule has 5 heteroatoms. The normalized spacial score (nSPS) is 28.0. The van der Waals surface area contributed by atoms with Gasteiger partial charge in [-0.25, -0.2) is 0 Å². The maximum atomic E-state index is 13.3. The van der Waals surface area contributed by atoms with Crippen LogP contribution in [0.4, 0.5) is 0 Å². The maximum absolute atomic E-state index is 13.3. The molecule has 5 rings (SSSR count). The van der Waals surface area contributed by atoms with Crippen molar-refractivity contribution in [1.29, 1.82) is 0 Å². The lowest BCUT2D eigenvalue weighted by Gasteiger charge is -2.27. The van der Waals surface area contributed by atoms with Gasteiger partial charge in [-0.3, -0.25) is 9.69 Å². The predicted molar refractivity (Wildman–Crippen MR) is 103 cm³/mol. The van der Waals surface area contributed by atoms with Gasteiger partial charge < -0.3 is 14.6 Å². The van der Waals surface area contributed by atoms with E-state index in [2.05, 4.69) is 34.5 Å². The Morgan fingerprint density at radius 1 is 1.07 bits per heavy atom. The van der Waals surface area contributed by atoms with E-state index in [0.29, 0.717) is 17.6 Å². The quantitative estimate of drug-likeness (QED) is 0.905. The fourth-order valence-corrected chi connectivity index (χ4v) is 5.09. The highest BCUT2D eigenvalue weighted by molar-refractivity contribution is 5.92. The van der Waals surface area contributed by atoms with Crippen LogP contribution >= 0.6 is 0 Å². The zero-order chi connectivity index (χ0) is 18.2. The molecule has 0 spiro atoms. The number of nitrogens with one attached hydrogen (secondary N) is 1. The molecule has 3 fully saturated rings. The first-order valence-electron chi connectivity index (χ1n) is 10.2. The van der Waals surface area contributed by atoms with E-state index in [1.54, 1.807) is 0 Å². The Hall–Kier alpha value is -2.11. The van der Waals surface area contributed by atoms with Gasteiger partial charge in [0.2, 0.25) is 0 Å². The summed E-state index contributed by atoms with van der Waals surface area (Å²) in [7, 11) is 0. The summed E-state index contributed by atoms with van der Waals surface area (Å²) in [6, 6.07) is 14.4. The number of hydrogen-bond donors (Lipinski definition) is 1. The lowest BCUT2D eigenvalue weighted by Crippen LogP contribution is -2.34. The van der Waals surface area contributed by atoms with Gasteiger partial charge in [-0.2, -0.15) is 0 Å². The van der Waals surface area contributed by atoms with Crippen molar-refractivity contribution in [1.82, 2.24) is 15.1 Å². The summed E-state index contributed by atoms with van der Waals surface area (Å²) in [5.74, 6) is 2.43. The van der Waals surface area contributed by atoms with Crippen molar-refractivity contribution in [3.63, 3.8) is 0 Å². The third kappa shape index (κ3) is 3.19. The average molecular weight is 365 g/mol. The Kier molecular flexibility index (Phi) is 4.50. The molecule has 3 atom stereocenters.